The highest BCUT2D eigenvalue weighted by molar-refractivity contribution is 8.14. The fourth-order valence-corrected chi connectivity index (χ4v) is 4.35. The van der Waals surface area contributed by atoms with Gasteiger partial charge in [0.2, 0.25) is 5.91 Å². The van der Waals surface area contributed by atoms with Crippen LogP contribution < -0.4 is 4.74 Å². The smallest absolute Gasteiger partial charge is 0.338 e. The first-order valence-electron chi connectivity index (χ1n) is 10.1. The highest BCUT2D eigenvalue weighted by atomic mass is 32.2. The molecule has 0 saturated carbocycles. The molecule has 7 heteroatoms. The van der Waals surface area contributed by atoms with Crippen LogP contribution >= 0.6 is 11.8 Å². The Morgan fingerprint density at radius 1 is 1.31 bits per heavy atom. The summed E-state index contributed by atoms with van der Waals surface area (Å²) in [6.07, 6.45) is 1.41. The summed E-state index contributed by atoms with van der Waals surface area (Å²) in [4.78, 5) is 31.6. The molecule has 1 aromatic carbocycles. The molecule has 1 saturated heterocycles. The lowest BCUT2D eigenvalue weighted by Gasteiger charge is -2.38. The van der Waals surface area contributed by atoms with Crippen LogP contribution in [0.2, 0.25) is 0 Å². The molecule has 1 atom stereocenters. The predicted molar refractivity (Wildman–Crippen MR) is 115 cm³/mol. The number of hydrogen-bond donors (Lipinski definition) is 0. The molecule has 156 valence electrons. The molecule has 1 fully saturated rings. The van der Waals surface area contributed by atoms with Gasteiger partial charge in [0.25, 0.3) is 0 Å². The first kappa shape index (κ1) is 21.4. The van der Waals surface area contributed by atoms with E-state index in [1.165, 1.54) is 0 Å². The van der Waals surface area contributed by atoms with Crippen molar-refractivity contribution in [2.45, 2.75) is 46.6 Å². The Morgan fingerprint density at radius 2 is 2.03 bits per heavy atom. The number of allylic oxidation sites excluding steroid dienone is 1. The van der Waals surface area contributed by atoms with Crippen LogP contribution in [-0.2, 0) is 14.3 Å². The Hall–Kier alpha value is -2.28. The Kier molecular flexibility index (Phi) is 7.00. The summed E-state index contributed by atoms with van der Waals surface area (Å²) < 4.78 is 11.1. The van der Waals surface area contributed by atoms with E-state index in [2.05, 4.69) is 18.8 Å². The van der Waals surface area contributed by atoms with Gasteiger partial charge in [0.15, 0.2) is 5.17 Å². The van der Waals surface area contributed by atoms with Gasteiger partial charge in [0.05, 0.1) is 30.5 Å². The second-order valence-corrected chi connectivity index (χ2v) is 8.54. The highest BCUT2D eigenvalue weighted by Crippen LogP contribution is 2.40. The number of fused-ring (bicyclic) bond motifs is 1. The number of benzene rings is 1. The van der Waals surface area contributed by atoms with E-state index in [4.69, 9.17) is 9.47 Å². The number of amidine groups is 1. The summed E-state index contributed by atoms with van der Waals surface area (Å²) in [5.41, 5.74) is 1.85. The van der Waals surface area contributed by atoms with Gasteiger partial charge in [0, 0.05) is 12.2 Å². The zero-order chi connectivity index (χ0) is 21.0. The van der Waals surface area contributed by atoms with Crippen LogP contribution in [0.4, 0.5) is 0 Å². The van der Waals surface area contributed by atoms with Crippen molar-refractivity contribution in [2.24, 2.45) is 10.9 Å². The van der Waals surface area contributed by atoms with Gasteiger partial charge in [-0.15, -0.1) is 0 Å². The summed E-state index contributed by atoms with van der Waals surface area (Å²) >= 11 is 1.54. The third-order valence-electron chi connectivity index (χ3n) is 4.86. The number of carbonyl (C=O) groups is 2. The lowest BCUT2D eigenvalue weighted by molar-refractivity contribution is -0.139. The molecular formula is C22H28N2O4S. The van der Waals surface area contributed by atoms with Gasteiger partial charge in [-0.2, -0.15) is 0 Å². The first-order valence-corrected chi connectivity index (χ1v) is 11.0. The van der Waals surface area contributed by atoms with Crippen LogP contribution in [0.1, 0.15) is 52.1 Å². The molecule has 0 aromatic heterocycles. The van der Waals surface area contributed by atoms with Gasteiger partial charge >= 0.3 is 5.97 Å². The van der Waals surface area contributed by atoms with Crippen LogP contribution in [0.3, 0.4) is 0 Å². The second kappa shape index (κ2) is 9.48. The number of carbonyl (C=O) groups excluding carboxylic acids is 2. The van der Waals surface area contributed by atoms with Gasteiger partial charge in [-0.3, -0.25) is 9.69 Å². The quantitative estimate of drug-likeness (QED) is 0.619. The molecule has 3 rings (SSSR count). The largest absolute Gasteiger partial charge is 0.494 e. The number of esters is 1. The van der Waals surface area contributed by atoms with Crippen molar-refractivity contribution in [2.75, 3.05) is 19.0 Å². The summed E-state index contributed by atoms with van der Waals surface area (Å²) in [7, 11) is 0. The van der Waals surface area contributed by atoms with Crippen molar-refractivity contribution in [1.29, 1.82) is 0 Å². The van der Waals surface area contributed by atoms with E-state index in [1.807, 2.05) is 24.3 Å². The summed E-state index contributed by atoms with van der Waals surface area (Å²) in [5, 5.41) is 0.647. The molecule has 1 aromatic rings. The maximum absolute atomic E-state index is 12.7. The van der Waals surface area contributed by atoms with Crippen molar-refractivity contribution in [3.8, 4) is 5.75 Å². The van der Waals surface area contributed by atoms with E-state index in [-0.39, 0.29) is 12.5 Å². The minimum Gasteiger partial charge on any atom is -0.494 e. The van der Waals surface area contributed by atoms with Gasteiger partial charge in [-0.25, -0.2) is 9.79 Å². The number of hydrogen-bond acceptors (Lipinski definition) is 6. The van der Waals surface area contributed by atoms with Crippen LogP contribution in [0.5, 0.6) is 5.75 Å². The Labute approximate surface area is 176 Å². The molecule has 6 nitrogen and oxygen atoms in total. The van der Waals surface area contributed by atoms with E-state index in [1.54, 1.807) is 30.5 Å². The molecule has 0 aliphatic carbocycles. The molecule has 0 N–H and O–H groups in total. The van der Waals surface area contributed by atoms with E-state index < -0.39 is 12.0 Å². The van der Waals surface area contributed by atoms with Crippen molar-refractivity contribution < 1.29 is 19.1 Å². The number of aliphatic imine (C=N–C) groups is 1. The maximum Gasteiger partial charge on any atom is 0.338 e. The SMILES string of the molecule is CCOC(=O)C1=C(C)N=C2SCCC(=O)N2[C@@H]1c1ccc(OCCC(C)C)cc1. The molecular weight excluding hydrogens is 388 g/mol. The third kappa shape index (κ3) is 4.83. The van der Waals surface area contributed by atoms with Gasteiger partial charge < -0.3 is 9.47 Å². The van der Waals surface area contributed by atoms with Gasteiger partial charge in [0.1, 0.15) is 5.75 Å². The number of amides is 1. The third-order valence-corrected chi connectivity index (χ3v) is 5.82. The van der Waals surface area contributed by atoms with E-state index in [0.717, 1.165) is 17.7 Å². The minimum absolute atomic E-state index is 0.0286. The molecule has 0 spiro atoms. The predicted octanol–water partition coefficient (Wildman–Crippen LogP) is 4.32. The molecule has 1 amide bonds. The average Bonchev–Trinajstić information content (AvgIpc) is 2.67. The normalized spacial score (nSPS) is 19.2. The van der Waals surface area contributed by atoms with Crippen molar-refractivity contribution in [3.05, 3.63) is 41.1 Å². The minimum atomic E-state index is -0.536. The van der Waals surface area contributed by atoms with Crippen LogP contribution in [0, 0.1) is 5.92 Å². The molecule has 29 heavy (non-hydrogen) atoms. The number of thioether (sulfide) groups is 1. The Bertz CT molecular complexity index is 830. The van der Waals surface area contributed by atoms with Crippen molar-refractivity contribution >= 4 is 28.8 Å². The molecule has 2 aliphatic heterocycles. The summed E-state index contributed by atoms with van der Waals surface area (Å²) in [6, 6.07) is 7.07. The summed E-state index contributed by atoms with van der Waals surface area (Å²) in [5.74, 6) is 1.59. The number of rotatable bonds is 7. The van der Waals surface area contributed by atoms with Gasteiger partial charge in [-0.05, 0) is 43.9 Å². The van der Waals surface area contributed by atoms with E-state index in [9.17, 15) is 9.59 Å². The first-order chi connectivity index (χ1) is 13.9. The Morgan fingerprint density at radius 3 is 2.69 bits per heavy atom. The van der Waals surface area contributed by atoms with E-state index in [0.29, 0.717) is 41.1 Å². The number of ether oxygens (including phenoxy) is 2. The molecule has 2 heterocycles. The number of nitrogens with zero attached hydrogens (tertiary/aromatic N) is 2. The van der Waals surface area contributed by atoms with Crippen LogP contribution in [0.25, 0.3) is 0 Å². The monoisotopic (exact) mass is 416 g/mol. The fourth-order valence-electron chi connectivity index (χ4n) is 3.34. The van der Waals surface area contributed by atoms with Gasteiger partial charge in [-0.1, -0.05) is 37.7 Å². The van der Waals surface area contributed by atoms with E-state index >= 15 is 0 Å². The average molecular weight is 417 g/mol. The van der Waals surface area contributed by atoms with Crippen molar-refractivity contribution in [3.63, 3.8) is 0 Å². The highest BCUT2D eigenvalue weighted by Gasteiger charge is 2.41. The fraction of sp³-hybridized carbons (Fsp3) is 0.500. The molecule has 0 unspecified atom stereocenters. The lowest BCUT2D eigenvalue weighted by atomic mass is 9.94. The molecule has 0 bridgehead atoms. The standard InChI is InChI=1S/C22H28N2O4S/c1-5-27-21(26)19-15(4)23-22-24(18(25)11-13-29-22)20(19)16-6-8-17(9-7-16)28-12-10-14(2)3/h6-9,14,20H,5,10-13H2,1-4H3/t20-/m1/s1. The lowest BCUT2D eigenvalue weighted by Crippen LogP contribution is -2.45. The van der Waals surface area contributed by atoms with Crippen molar-refractivity contribution in [1.82, 2.24) is 4.90 Å². The zero-order valence-corrected chi connectivity index (χ0v) is 18.3. The van der Waals surface area contributed by atoms with Crippen LogP contribution in [-0.4, -0.2) is 40.9 Å². The van der Waals surface area contributed by atoms with Crippen LogP contribution in [0.15, 0.2) is 40.5 Å². The zero-order valence-electron chi connectivity index (χ0n) is 17.4. The topological polar surface area (TPSA) is 68.2 Å². The summed E-state index contributed by atoms with van der Waals surface area (Å²) in [6.45, 7) is 8.82. The maximum atomic E-state index is 12.7. The molecule has 0 radical (unpaired) electrons. The Balaban J connectivity index is 1.93. The second-order valence-electron chi connectivity index (χ2n) is 7.48. The molecule has 2 aliphatic rings.